The maximum absolute atomic E-state index is 5.64. The molecule has 1 aromatic heterocycles. The zero-order valence-electron chi connectivity index (χ0n) is 11.5. The van der Waals surface area contributed by atoms with Crippen LogP contribution in [-0.2, 0) is 0 Å². The lowest BCUT2D eigenvalue weighted by molar-refractivity contribution is 0.291. The van der Waals surface area contributed by atoms with Crippen molar-refractivity contribution in [2.45, 2.75) is 45.6 Å². The molecule has 1 aliphatic carbocycles. The molecule has 18 heavy (non-hydrogen) atoms. The average molecular weight is 248 g/mol. The van der Waals surface area contributed by atoms with Gasteiger partial charge in [0, 0.05) is 18.3 Å². The minimum absolute atomic E-state index is 0.359. The fourth-order valence-corrected chi connectivity index (χ4v) is 1.95. The third kappa shape index (κ3) is 4.30. The molecule has 1 heterocycles. The van der Waals surface area contributed by atoms with Gasteiger partial charge in [0.1, 0.15) is 0 Å². The summed E-state index contributed by atoms with van der Waals surface area (Å²) in [6.45, 7) is 6.19. The van der Waals surface area contributed by atoms with E-state index in [4.69, 9.17) is 4.74 Å². The molecule has 1 aliphatic rings. The van der Waals surface area contributed by atoms with Gasteiger partial charge >= 0.3 is 0 Å². The van der Waals surface area contributed by atoms with Gasteiger partial charge in [0.2, 0.25) is 5.88 Å². The molecule has 1 atom stereocenters. The predicted molar refractivity (Wildman–Crippen MR) is 73.8 cm³/mol. The van der Waals surface area contributed by atoms with E-state index in [1.807, 2.05) is 12.3 Å². The Balaban J connectivity index is 1.76. The van der Waals surface area contributed by atoms with Crippen LogP contribution in [0.4, 0.5) is 0 Å². The summed E-state index contributed by atoms with van der Waals surface area (Å²) in [5.41, 5.74) is 1.22. The number of nitrogens with zero attached hydrogens (tertiary/aromatic N) is 1. The molecule has 0 amide bonds. The molecule has 2 rings (SSSR count). The minimum atomic E-state index is 0.359. The van der Waals surface area contributed by atoms with Gasteiger partial charge < -0.3 is 10.1 Å². The van der Waals surface area contributed by atoms with E-state index in [0.29, 0.717) is 6.04 Å². The molecule has 3 heteroatoms. The minimum Gasteiger partial charge on any atom is -0.478 e. The predicted octanol–water partition coefficient (Wildman–Crippen LogP) is 3.32. The van der Waals surface area contributed by atoms with Crippen molar-refractivity contribution in [3.8, 4) is 5.88 Å². The fraction of sp³-hybridized carbons (Fsp3) is 0.667. The van der Waals surface area contributed by atoms with Crippen molar-refractivity contribution in [1.29, 1.82) is 0 Å². The van der Waals surface area contributed by atoms with Crippen molar-refractivity contribution in [3.05, 3.63) is 23.9 Å². The van der Waals surface area contributed by atoms with Gasteiger partial charge in [-0.1, -0.05) is 25.8 Å². The van der Waals surface area contributed by atoms with Crippen LogP contribution < -0.4 is 10.1 Å². The highest BCUT2D eigenvalue weighted by atomic mass is 16.5. The molecule has 0 aromatic carbocycles. The van der Waals surface area contributed by atoms with E-state index in [-0.39, 0.29) is 0 Å². The Morgan fingerprint density at radius 3 is 2.89 bits per heavy atom. The van der Waals surface area contributed by atoms with Crippen LogP contribution in [0, 0.1) is 5.92 Å². The van der Waals surface area contributed by atoms with Gasteiger partial charge in [-0.25, -0.2) is 4.98 Å². The zero-order valence-corrected chi connectivity index (χ0v) is 11.5. The van der Waals surface area contributed by atoms with Crippen molar-refractivity contribution in [2.75, 3.05) is 13.2 Å². The zero-order chi connectivity index (χ0) is 12.8. The van der Waals surface area contributed by atoms with Crippen LogP contribution in [0.1, 0.15) is 51.1 Å². The smallest absolute Gasteiger partial charge is 0.213 e. The first kappa shape index (κ1) is 13.3. The summed E-state index contributed by atoms with van der Waals surface area (Å²) in [7, 11) is 0. The molecular weight excluding hydrogens is 224 g/mol. The van der Waals surface area contributed by atoms with E-state index in [0.717, 1.165) is 31.4 Å². The Morgan fingerprint density at radius 2 is 2.28 bits per heavy atom. The SMILES string of the molecule is CCCNC(C)c1ccc(OCCC2CC2)nc1. The van der Waals surface area contributed by atoms with Crippen molar-refractivity contribution < 1.29 is 4.74 Å². The van der Waals surface area contributed by atoms with E-state index >= 15 is 0 Å². The van der Waals surface area contributed by atoms with Crippen LogP contribution in [-0.4, -0.2) is 18.1 Å². The van der Waals surface area contributed by atoms with Crippen LogP contribution >= 0.6 is 0 Å². The maximum atomic E-state index is 5.64. The average Bonchev–Trinajstić information content (AvgIpc) is 3.21. The summed E-state index contributed by atoms with van der Waals surface area (Å²) in [5.74, 6) is 1.67. The number of ether oxygens (including phenoxy) is 1. The topological polar surface area (TPSA) is 34.1 Å². The standard InChI is InChI=1S/C15H24N2O/c1-3-9-16-12(2)14-6-7-15(17-11-14)18-10-8-13-4-5-13/h6-7,11-13,16H,3-5,8-10H2,1-2H3. The third-order valence-electron chi connectivity index (χ3n) is 3.43. The maximum Gasteiger partial charge on any atom is 0.213 e. The summed E-state index contributed by atoms with van der Waals surface area (Å²) in [4.78, 5) is 4.36. The fourth-order valence-electron chi connectivity index (χ4n) is 1.95. The second-order valence-corrected chi connectivity index (χ2v) is 5.19. The number of nitrogens with one attached hydrogen (secondary N) is 1. The van der Waals surface area contributed by atoms with E-state index in [1.165, 1.54) is 24.8 Å². The number of aromatic nitrogens is 1. The van der Waals surface area contributed by atoms with E-state index < -0.39 is 0 Å². The van der Waals surface area contributed by atoms with E-state index in [1.54, 1.807) is 0 Å². The van der Waals surface area contributed by atoms with Gasteiger partial charge in [0.25, 0.3) is 0 Å². The Bertz CT molecular complexity index is 346. The Labute approximate surface area is 110 Å². The normalized spacial score (nSPS) is 16.6. The first-order valence-electron chi connectivity index (χ1n) is 7.11. The monoisotopic (exact) mass is 248 g/mol. The molecule has 0 radical (unpaired) electrons. The van der Waals surface area contributed by atoms with E-state index in [9.17, 15) is 0 Å². The van der Waals surface area contributed by atoms with E-state index in [2.05, 4.69) is 30.2 Å². The molecular formula is C15H24N2O. The molecule has 0 saturated heterocycles. The lowest BCUT2D eigenvalue weighted by Crippen LogP contribution is -2.19. The molecule has 100 valence electrons. The quantitative estimate of drug-likeness (QED) is 0.766. The summed E-state index contributed by atoms with van der Waals surface area (Å²) >= 11 is 0. The van der Waals surface area contributed by atoms with Gasteiger partial charge in [-0.3, -0.25) is 0 Å². The number of pyridine rings is 1. The Morgan fingerprint density at radius 1 is 1.44 bits per heavy atom. The number of rotatable bonds is 8. The second kappa shape index (κ2) is 6.74. The van der Waals surface area contributed by atoms with Crippen molar-refractivity contribution in [1.82, 2.24) is 10.3 Å². The van der Waals surface area contributed by atoms with Crippen LogP contribution in [0.3, 0.4) is 0 Å². The molecule has 3 nitrogen and oxygen atoms in total. The van der Waals surface area contributed by atoms with Crippen LogP contribution in [0.5, 0.6) is 5.88 Å². The van der Waals surface area contributed by atoms with Gasteiger partial charge in [-0.05, 0) is 37.8 Å². The first-order chi connectivity index (χ1) is 8.79. The summed E-state index contributed by atoms with van der Waals surface area (Å²) in [6, 6.07) is 4.44. The van der Waals surface area contributed by atoms with Crippen molar-refractivity contribution in [3.63, 3.8) is 0 Å². The summed E-state index contributed by atoms with van der Waals surface area (Å²) in [5, 5.41) is 3.45. The van der Waals surface area contributed by atoms with Crippen LogP contribution in [0.25, 0.3) is 0 Å². The van der Waals surface area contributed by atoms with Gasteiger partial charge in [-0.2, -0.15) is 0 Å². The van der Waals surface area contributed by atoms with Gasteiger partial charge in [0.15, 0.2) is 0 Å². The molecule has 0 spiro atoms. The molecule has 0 aliphatic heterocycles. The molecule has 1 fully saturated rings. The second-order valence-electron chi connectivity index (χ2n) is 5.19. The molecule has 0 bridgehead atoms. The Hall–Kier alpha value is -1.09. The first-order valence-corrected chi connectivity index (χ1v) is 7.11. The highest BCUT2D eigenvalue weighted by Crippen LogP contribution is 2.32. The molecule has 1 aromatic rings. The highest BCUT2D eigenvalue weighted by Gasteiger charge is 2.20. The summed E-state index contributed by atoms with van der Waals surface area (Å²) < 4.78 is 5.64. The van der Waals surface area contributed by atoms with Crippen LogP contribution in [0.15, 0.2) is 18.3 Å². The van der Waals surface area contributed by atoms with Crippen molar-refractivity contribution >= 4 is 0 Å². The highest BCUT2D eigenvalue weighted by molar-refractivity contribution is 5.20. The molecule has 1 saturated carbocycles. The Kier molecular flexibility index (Phi) is 5.00. The third-order valence-corrected chi connectivity index (χ3v) is 3.43. The van der Waals surface area contributed by atoms with Gasteiger partial charge in [0.05, 0.1) is 6.61 Å². The van der Waals surface area contributed by atoms with Gasteiger partial charge in [-0.15, -0.1) is 0 Å². The lowest BCUT2D eigenvalue weighted by Gasteiger charge is -2.13. The largest absolute Gasteiger partial charge is 0.478 e. The lowest BCUT2D eigenvalue weighted by atomic mass is 10.1. The molecule has 1 unspecified atom stereocenters. The number of hydrogen-bond donors (Lipinski definition) is 1. The van der Waals surface area contributed by atoms with Crippen LogP contribution in [0.2, 0.25) is 0 Å². The summed E-state index contributed by atoms with van der Waals surface area (Å²) in [6.07, 6.45) is 7.02. The number of hydrogen-bond acceptors (Lipinski definition) is 3. The molecule has 1 N–H and O–H groups in total. The van der Waals surface area contributed by atoms with Crippen molar-refractivity contribution in [2.24, 2.45) is 5.92 Å².